The van der Waals surface area contributed by atoms with E-state index in [1.807, 2.05) is 152 Å². The summed E-state index contributed by atoms with van der Waals surface area (Å²) in [7, 11) is 0. The highest BCUT2D eigenvalue weighted by atomic mass is 32.1. The lowest BCUT2D eigenvalue weighted by Crippen LogP contribution is -2.25. The molecule has 0 amide bonds. The first-order chi connectivity index (χ1) is 46.4. The van der Waals surface area contributed by atoms with Gasteiger partial charge in [0.2, 0.25) is 10.8 Å². The van der Waals surface area contributed by atoms with Gasteiger partial charge in [0.15, 0.2) is 28.6 Å². The van der Waals surface area contributed by atoms with Crippen LogP contribution in [0.5, 0.6) is 28.1 Å². The van der Waals surface area contributed by atoms with Crippen LogP contribution in [-0.4, -0.2) is 112 Å². The van der Waals surface area contributed by atoms with Gasteiger partial charge in [0.1, 0.15) is 69.6 Å². The Morgan fingerprint density at radius 1 is 0.439 bits per heavy atom. The highest BCUT2D eigenvalue weighted by Crippen LogP contribution is 2.40. The van der Waals surface area contributed by atoms with E-state index in [-0.39, 0.29) is 40.5 Å². The summed E-state index contributed by atoms with van der Waals surface area (Å²) in [6, 6.07) is 30.2. The van der Waals surface area contributed by atoms with E-state index in [1.54, 1.807) is 68.4 Å². The number of esters is 4. The lowest BCUT2D eigenvalue weighted by Gasteiger charge is -2.19. The van der Waals surface area contributed by atoms with Crippen LogP contribution in [0.15, 0.2) is 110 Å². The minimum Gasteiger partial charge on any atom is -0.494 e. The molecule has 1 saturated carbocycles. The Morgan fingerprint density at radius 2 is 0.765 bits per heavy atom. The third-order valence-corrected chi connectivity index (χ3v) is 17.3. The number of hydrogen-bond acceptors (Lipinski definition) is 23. The van der Waals surface area contributed by atoms with Gasteiger partial charge in [0.25, 0.3) is 0 Å². The summed E-state index contributed by atoms with van der Waals surface area (Å²) in [4.78, 5) is 94.0. The minimum atomic E-state index is -0.655. The molecule has 4 aromatic heterocycles. The van der Waals surface area contributed by atoms with Crippen molar-refractivity contribution in [2.24, 2.45) is 11.8 Å². The lowest BCUT2D eigenvalue weighted by molar-refractivity contribution is 0.00503. The predicted molar refractivity (Wildman–Crippen MR) is 388 cm³/mol. The summed E-state index contributed by atoms with van der Waals surface area (Å²) in [6.45, 7) is 38.2. The van der Waals surface area contributed by atoms with E-state index < -0.39 is 40.7 Å². The predicted octanol–water partition coefficient (Wildman–Crippen LogP) is 18.4. The molecule has 9 rings (SSSR count). The fraction of sp³-hybridized carbons (Fsp3) is 0.413. The zero-order valence-electron chi connectivity index (χ0n) is 59.1. The summed E-state index contributed by atoms with van der Waals surface area (Å²) < 4.78 is 48.6. The number of thiazole rings is 4. The number of Topliss-reactive ketones (excluding diaryl/α,β-unsaturated/α-hetero) is 2. The van der Waals surface area contributed by atoms with E-state index in [4.69, 9.17) is 42.6 Å². The normalized spacial score (nSPS) is 11.9. The molecule has 0 spiro atoms. The second-order valence-corrected chi connectivity index (χ2v) is 29.0. The molecule has 0 saturated heterocycles. The maximum Gasteiger partial charge on any atom is 0.361 e. The molecule has 1 aliphatic rings. The van der Waals surface area contributed by atoms with Gasteiger partial charge >= 0.3 is 23.9 Å². The topological polar surface area (TPSA) is 237 Å². The Hall–Kier alpha value is -8.64. The molecule has 0 radical (unpaired) electrons. The van der Waals surface area contributed by atoms with Gasteiger partial charge in [-0.3, -0.25) is 9.59 Å². The van der Waals surface area contributed by atoms with Gasteiger partial charge in [-0.15, -0.1) is 40.6 Å². The van der Waals surface area contributed by atoms with E-state index in [2.05, 4.69) is 26.5 Å². The average Bonchev–Trinajstić information content (AvgIpc) is 1.66. The van der Waals surface area contributed by atoms with Gasteiger partial charge in [-0.1, -0.05) is 31.3 Å². The van der Waals surface area contributed by atoms with Crippen molar-refractivity contribution >= 4 is 80.8 Å². The highest BCUT2D eigenvalue weighted by Gasteiger charge is 2.37. The number of rotatable bonds is 25. The van der Waals surface area contributed by atoms with Crippen LogP contribution in [0.1, 0.15) is 197 Å². The number of aromatic nitrogens is 4. The fourth-order valence-electron chi connectivity index (χ4n) is 8.60. The van der Waals surface area contributed by atoms with Crippen LogP contribution in [0.25, 0.3) is 42.3 Å². The van der Waals surface area contributed by atoms with Crippen LogP contribution in [0.4, 0.5) is 0 Å². The van der Waals surface area contributed by atoms with E-state index in [0.717, 1.165) is 73.0 Å². The van der Waals surface area contributed by atoms with Gasteiger partial charge in [0.05, 0.1) is 39.6 Å². The third-order valence-electron chi connectivity index (χ3n) is 13.0. The number of ether oxygens (including phenoxy) is 9. The molecule has 23 heteroatoms. The molecule has 19 nitrogen and oxygen atoms in total. The van der Waals surface area contributed by atoms with E-state index in [0.29, 0.717) is 76.6 Å². The van der Waals surface area contributed by atoms with Gasteiger partial charge in [-0.05, 0) is 214 Å². The quantitative estimate of drug-likeness (QED) is 0.0224. The number of benzene rings is 4. The molecular formula is C75H90N4O15S4. The maximum atomic E-state index is 12.6. The number of carbonyl (C=O) groups excluding carboxylic acids is 6. The second kappa shape index (κ2) is 36.3. The van der Waals surface area contributed by atoms with Crippen molar-refractivity contribution < 1.29 is 71.4 Å². The molecule has 0 N–H and O–H groups in total. The maximum absolute atomic E-state index is 12.6. The lowest BCUT2D eigenvalue weighted by atomic mass is 10.1. The summed E-state index contributed by atoms with van der Waals surface area (Å²) in [5, 5.41) is 3.24. The van der Waals surface area contributed by atoms with E-state index >= 15 is 0 Å². The van der Waals surface area contributed by atoms with Crippen molar-refractivity contribution in [3.05, 3.63) is 147 Å². The number of ketones is 2. The van der Waals surface area contributed by atoms with E-state index in [1.165, 1.54) is 45.3 Å². The van der Waals surface area contributed by atoms with Crippen molar-refractivity contribution in [2.45, 2.75) is 154 Å². The molecule has 0 bridgehead atoms. The van der Waals surface area contributed by atoms with Crippen molar-refractivity contribution in [1.29, 1.82) is 0 Å². The Morgan fingerprint density at radius 3 is 1.10 bits per heavy atom. The standard InChI is InChI=1S/C20H23NO4S.C20H25NO4S.C19H23NO3S.C16H19NO4S/c1-5-24-14-10-8-13(9-11-14)18-21-15(19(23)25-20(2,3)4)17(26-18)16(22)12-6-7-12;1-7-24-14-10-8-13(9-11-14)18-21-15(19(23)25-20(4,5)6)17(26-18)16(22)12(2)3;1-6-8-15-16(18(21)23-19(3,4)5)20-17(24-15)13-9-11-14(12-10-13)22-7-2;1-4-19-12-9-7-11(8-10-12)14-17-13(15(18)20-5-2)16(22-14)21-6-3/h8-12H,5-7H2,1-4H3;8-12H,7H2,1-6H3;6,9-12H,1,7-8H2,2-5H3;7-10H,4-6H2,1-3H3. The highest BCUT2D eigenvalue weighted by molar-refractivity contribution is 7.18. The molecule has 0 atom stereocenters. The largest absolute Gasteiger partial charge is 0.494 e. The fourth-order valence-corrected chi connectivity index (χ4v) is 12.8. The minimum absolute atomic E-state index is 0.000505. The third kappa shape index (κ3) is 23.5. The molecule has 1 aliphatic carbocycles. The van der Waals surface area contributed by atoms with Crippen LogP contribution in [0, 0.1) is 11.8 Å². The first-order valence-corrected chi connectivity index (χ1v) is 35.8. The molecule has 4 aromatic carbocycles. The number of carbonyl (C=O) groups is 6. The summed E-state index contributed by atoms with van der Waals surface area (Å²) >= 11 is 5.30. The van der Waals surface area contributed by atoms with Crippen molar-refractivity contribution in [3.63, 3.8) is 0 Å². The molecule has 1 fully saturated rings. The molecule has 4 heterocycles. The number of hydrogen-bond donors (Lipinski definition) is 0. The molecule has 98 heavy (non-hydrogen) atoms. The van der Waals surface area contributed by atoms with Gasteiger partial charge in [-0.25, -0.2) is 39.1 Å². The Balaban J connectivity index is 0.000000207. The van der Waals surface area contributed by atoms with Crippen molar-refractivity contribution in [3.8, 4) is 70.3 Å². The van der Waals surface area contributed by atoms with E-state index in [9.17, 15) is 28.8 Å². The summed E-state index contributed by atoms with van der Waals surface area (Å²) in [6.07, 6.45) is 4.11. The Kier molecular flexibility index (Phi) is 29.0. The van der Waals surface area contributed by atoms with Crippen LogP contribution in [-0.2, 0) is 25.4 Å². The smallest absolute Gasteiger partial charge is 0.361 e. The number of nitrogens with zero attached hydrogens (tertiary/aromatic N) is 4. The molecule has 524 valence electrons. The van der Waals surface area contributed by atoms with Gasteiger partial charge < -0.3 is 42.6 Å². The van der Waals surface area contributed by atoms with Gasteiger partial charge in [0, 0.05) is 45.4 Å². The second-order valence-electron chi connectivity index (χ2n) is 25.0. The van der Waals surface area contributed by atoms with Crippen LogP contribution < -0.4 is 23.7 Å². The molecular weight excluding hydrogens is 1330 g/mol. The summed E-state index contributed by atoms with van der Waals surface area (Å²) in [5.74, 6) is 0.857. The average molecular weight is 1420 g/mol. The first-order valence-electron chi connectivity index (χ1n) is 32.6. The van der Waals surface area contributed by atoms with Crippen LogP contribution >= 0.6 is 45.3 Å². The monoisotopic (exact) mass is 1410 g/mol. The zero-order valence-corrected chi connectivity index (χ0v) is 62.4. The summed E-state index contributed by atoms with van der Waals surface area (Å²) in [5.41, 5.74) is 2.51. The Labute approximate surface area is 591 Å². The van der Waals surface area contributed by atoms with Crippen LogP contribution in [0.3, 0.4) is 0 Å². The van der Waals surface area contributed by atoms with Crippen LogP contribution in [0.2, 0.25) is 0 Å². The van der Waals surface area contributed by atoms with Crippen molar-refractivity contribution in [1.82, 2.24) is 19.9 Å². The van der Waals surface area contributed by atoms with Gasteiger partial charge in [-0.2, -0.15) is 0 Å². The first kappa shape index (κ1) is 78.4. The number of allylic oxidation sites excluding steroid dienone is 1. The Bertz CT molecular complexity index is 3830. The molecule has 0 unspecified atom stereocenters. The zero-order chi connectivity index (χ0) is 72.1. The molecule has 0 aliphatic heterocycles. The van der Waals surface area contributed by atoms with Crippen molar-refractivity contribution in [2.75, 3.05) is 39.6 Å². The molecule has 8 aromatic rings. The SMILES string of the molecule is C=CCc1sc(-c2ccc(OCC)cc2)nc1C(=O)OC(C)(C)C.CCOC(=O)c1nc(-c2ccc(OCC)cc2)sc1OCC.CCOc1ccc(-c2nc(C(=O)OC(C)(C)C)c(C(=O)C(C)C)s2)cc1.CCOc1ccc(-c2nc(C(=O)OC(C)(C)C)c(C(=O)C3CC3)s2)cc1.